The normalized spacial score (nSPS) is 22.7. The topological polar surface area (TPSA) is 87.5 Å². The summed E-state index contributed by atoms with van der Waals surface area (Å²) in [5.74, 6) is 0.633. The monoisotopic (exact) mass is 727 g/mol. The molecule has 3 aromatic carbocycles. The first-order valence-corrected chi connectivity index (χ1v) is 19.1. The number of nitrogens with zero attached hydrogens (tertiary/aromatic N) is 4. The molecule has 1 aromatic heterocycles. The Kier molecular flexibility index (Phi) is 9.51. The molecular weight excluding hydrogens is 687 g/mol. The fraction of sp³-hybridized carbons (Fsp3) is 0.459. The fourth-order valence-electron chi connectivity index (χ4n) is 8.67. The van der Waals surface area contributed by atoms with Gasteiger partial charge in [-0.05, 0) is 99.7 Å². The van der Waals surface area contributed by atoms with Gasteiger partial charge < -0.3 is 9.47 Å². The quantitative estimate of drug-likeness (QED) is 0.196. The summed E-state index contributed by atoms with van der Waals surface area (Å²) >= 11 is 6.36. The number of sulfonamides is 1. The number of imidazole rings is 1. The van der Waals surface area contributed by atoms with Crippen LogP contribution < -0.4 is 4.72 Å². The van der Waals surface area contributed by atoms with Crippen LogP contribution in [-0.4, -0.2) is 78.1 Å². The third kappa shape index (κ3) is 6.91. The lowest BCUT2D eigenvalue weighted by Gasteiger charge is -2.45. The average molecular weight is 728 g/mol. The molecule has 3 atom stereocenters. The minimum Gasteiger partial charge on any atom is -0.339 e. The highest BCUT2D eigenvalue weighted by Gasteiger charge is 2.44. The minimum absolute atomic E-state index is 0.0439. The molecule has 1 N–H and O–H groups in total. The maximum absolute atomic E-state index is 13.7. The average Bonchev–Trinajstić information content (AvgIpc) is 3.56. The van der Waals surface area contributed by atoms with Gasteiger partial charge in [0.25, 0.3) is 5.91 Å². The Bertz CT molecular complexity index is 1970. The van der Waals surface area contributed by atoms with Crippen molar-refractivity contribution in [2.24, 2.45) is 0 Å². The first kappa shape index (κ1) is 35.0. The van der Waals surface area contributed by atoms with Crippen molar-refractivity contribution in [3.8, 4) is 0 Å². The first-order valence-electron chi connectivity index (χ1n) is 17.2. The molecule has 8 nitrogen and oxygen atoms in total. The minimum atomic E-state index is -4.72. The van der Waals surface area contributed by atoms with Gasteiger partial charge >= 0.3 is 6.18 Å². The summed E-state index contributed by atoms with van der Waals surface area (Å²) in [6.07, 6.45) is 2.24. The van der Waals surface area contributed by atoms with Crippen LogP contribution in [0.15, 0.2) is 77.7 Å². The number of halogens is 4. The van der Waals surface area contributed by atoms with E-state index in [4.69, 9.17) is 16.6 Å². The van der Waals surface area contributed by atoms with Crippen molar-refractivity contribution in [3.05, 3.63) is 94.8 Å². The molecule has 2 bridgehead atoms. The molecule has 13 heteroatoms. The molecule has 266 valence electrons. The van der Waals surface area contributed by atoms with Crippen LogP contribution in [0, 0.1) is 6.92 Å². The SMILES string of the molecule is Cc1nc2ccccc2n1C1C[C@H]2CC[C@@H](C1)N2CCC1(c2ccccc2)CCN(C(=O)c2cc(S(=O)(=O)NCC(F)(F)F)ccc2Cl)CC1. The van der Waals surface area contributed by atoms with Crippen LogP contribution in [0.4, 0.5) is 13.2 Å². The van der Waals surface area contributed by atoms with Gasteiger partial charge in [0, 0.05) is 31.2 Å². The standard InChI is InChI=1S/C37H41ClF3N5O3S/c1-25-43-33-9-5-6-10-34(33)46(25)29-21-27-11-12-28(22-29)45(27)20-17-36(26-7-3-2-4-8-26)15-18-44(19-16-36)35(47)31-23-30(13-14-32(31)38)50(48,49)42-24-37(39,40)41/h2-10,13-14,23,27-29,42H,11-12,15-22,24H2,1H3/t27-,28+,29?. The van der Waals surface area contributed by atoms with Gasteiger partial charge in [0.05, 0.1) is 26.5 Å². The molecule has 4 heterocycles. The van der Waals surface area contributed by atoms with Crippen LogP contribution in [-0.2, 0) is 15.4 Å². The van der Waals surface area contributed by atoms with Crippen LogP contribution in [0.25, 0.3) is 11.0 Å². The number of amides is 1. The highest BCUT2D eigenvalue weighted by Crippen LogP contribution is 2.45. The summed E-state index contributed by atoms with van der Waals surface area (Å²) in [6.45, 7) is 2.24. The van der Waals surface area contributed by atoms with Crippen molar-refractivity contribution < 1.29 is 26.4 Å². The van der Waals surface area contributed by atoms with Crippen LogP contribution in [0.3, 0.4) is 0 Å². The number of piperidine rings is 2. The second-order valence-electron chi connectivity index (χ2n) is 14.0. The Balaban J connectivity index is 1.05. The molecule has 4 aromatic rings. The smallest absolute Gasteiger partial charge is 0.339 e. The van der Waals surface area contributed by atoms with E-state index in [0.717, 1.165) is 62.1 Å². The Hall–Kier alpha value is -3.45. The highest BCUT2D eigenvalue weighted by atomic mass is 35.5. The number of fused-ring (bicyclic) bond motifs is 3. The van der Waals surface area contributed by atoms with Gasteiger partial charge in [-0.3, -0.25) is 9.69 Å². The summed E-state index contributed by atoms with van der Waals surface area (Å²) in [5.41, 5.74) is 3.31. The van der Waals surface area contributed by atoms with Gasteiger partial charge in [-0.25, -0.2) is 18.1 Å². The maximum atomic E-state index is 13.7. The number of likely N-dealkylation sites (tertiary alicyclic amines) is 1. The fourth-order valence-corrected chi connectivity index (χ4v) is 9.91. The van der Waals surface area contributed by atoms with E-state index in [2.05, 4.69) is 58.9 Å². The third-order valence-corrected chi connectivity index (χ3v) is 12.9. The van der Waals surface area contributed by atoms with E-state index in [1.165, 1.54) is 30.0 Å². The molecule has 0 radical (unpaired) electrons. The number of hydrogen-bond acceptors (Lipinski definition) is 5. The molecule has 50 heavy (non-hydrogen) atoms. The summed E-state index contributed by atoms with van der Waals surface area (Å²) in [4.78, 5) is 22.5. The number of nitrogens with one attached hydrogen (secondary N) is 1. The molecule has 3 aliphatic rings. The molecule has 0 saturated carbocycles. The zero-order valence-corrected chi connectivity index (χ0v) is 29.4. The van der Waals surface area contributed by atoms with Gasteiger partial charge in [-0.15, -0.1) is 0 Å². The second kappa shape index (κ2) is 13.6. The number of carbonyl (C=O) groups is 1. The van der Waals surface area contributed by atoms with E-state index >= 15 is 0 Å². The van der Waals surface area contributed by atoms with Gasteiger partial charge in [0.1, 0.15) is 12.4 Å². The lowest BCUT2D eigenvalue weighted by atomic mass is 9.70. The van der Waals surface area contributed by atoms with Gasteiger partial charge in [-0.1, -0.05) is 54.1 Å². The number of aryl methyl sites for hydroxylation is 1. The number of rotatable bonds is 9. The zero-order chi connectivity index (χ0) is 35.3. The number of carbonyl (C=O) groups excluding carboxylic acids is 1. The van der Waals surface area contributed by atoms with Crippen LogP contribution in [0.2, 0.25) is 5.02 Å². The van der Waals surface area contributed by atoms with E-state index < -0.39 is 33.5 Å². The van der Waals surface area contributed by atoms with Crippen LogP contribution >= 0.6 is 11.6 Å². The highest BCUT2D eigenvalue weighted by molar-refractivity contribution is 7.89. The van der Waals surface area contributed by atoms with Crippen molar-refractivity contribution in [3.63, 3.8) is 0 Å². The first-order chi connectivity index (χ1) is 23.8. The summed E-state index contributed by atoms with van der Waals surface area (Å²) < 4.78 is 67.3. The van der Waals surface area contributed by atoms with E-state index in [1.54, 1.807) is 9.62 Å². The number of alkyl halides is 3. The Morgan fingerprint density at radius 1 is 0.960 bits per heavy atom. The molecule has 7 rings (SSSR count). The molecule has 0 aliphatic carbocycles. The molecule has 1 amide bonds. The van der Waals surface area contributed by atoms with Crippen molar-refractivity contribution in [2.75, 3.05) is 26.2 Å². The maximum Gasteiger partial charge on any atom is 0.402 e. The molecule has 3 saturated heterocycles. The van der Waals surface area contributed by atoms with E-state index in [-0.39, 0.29) is 16.0 Å². The predicted octanol–water partition coefficient (Wildman–Crippen LogP) is 7.27. The number of benzene rings is 3. The lowest BCUT2D eigenvalue weighted by molar-refractivity contribution is -0.121. The van der Waals surface area contributed by atoms with E-state index in [9.17, 15) is 26.4 Å². The Morgan fingerprint density at radius 2 is 1.62 bits per heavy atom. The Morgan fingerprint density at radius 3 is 2.30 bits per heavy atom. The summed E-state index contributed by atoms with van der Waals surface area (Å²) in [5, 5.41) is 0.0439. The van der Waals surface area contributed by atoms with E-state index in [1.807, 2.05) is 12.1 Å². The van der Waals surface area contributed by atoms with E-state index in [0.29, 0.717) is 31.2 Å². The predicted molar refractivity (Wildman–Crippen MR) is 187 cm³/mol. The molecule has 1 unspecified atom stereocenters. The van der Waals surface area contributed by atoms with Crippen molar-refractivity contribution in [2.45, 2.75) is 86.5 Å². The number of aromatic nitrogens is 2. The molecule has 3 aliphatic heterocycles. The second-order valence-corrected chi connectivity index (χ2v) is 16.2. The van der Waals surface area contributed by atoms with Crippen LogP contribution in [0.5, 0.6) is 0 Å². The zero-order valence-electron chi connectivity index (χ0n) is 27.9. The lowest BCUT2D eigenvalue weighted by Crippen LogP contribution is -2.49. The van der Waals surface area contributed by atoms with Gasteiger partial charge in [-0.2, -0.15) is 13.2 Å². The van der Waals surface area contributed by atoms with Gasteiger partial charge in [0.2, 0.25) is 10.0 Å². The summed E-state index contributed by atoms with van der Waals surface area (Å²) in [7, 11) is -4.51. The van der Waals surface area contributed by atoms with Gasteiger partial charge in [0.15, 0.2) is 0 Å². The van der Waals surface area contributed by atoms with Crippen molar-refractivity contribution in [1.82, 2.24) is 24.1 Å². The number of hydrogen-bond donors (Lipinski definition) is 1. The van der Waals surface area contributed by atoms with Crippen LogP contribution in [0.1, 0.15) is 72.7 Å². The largest absolute Gasteiger partial charge is 0.402 e. The third-order valence-electron chi connectivity index (χ3n) is 11.2. The number of para-hydroxylation sites is 2. The Labute approximate surface area is 295 Å². The molecular formula is C37H41ClF3N5O3S. The summed E-state index contributed by atoms with van der Waals surface area (Å²) in [6, 6.07) is 23.7. The molecule has 3 fully saturated rings. The van der Waals surface area contributed by atoms with Crippen molar-refractivity contribution >= 4 is 38.6 Å². The molecule has 0 spiro atoms. The van der Waals surface area contributed by atoms with Crippen molar-refractivity contribution in [1.29, 1.82) is 0 Å².